The third-order valence-electron chi connectivity index (χ3n) is 4.02. The molecule has 0 bridgehead atoms. The number of rotatable bonds is 5. The molecule has 1 saturated carbocycles. The van der Waals surface area contributed by atoms with Crippen molar-refractivity contribution >= 4 is 51.8 Å². The van der Waals surface area contributed by atoms with Gasteiger partial charge in [-0.15, -0.1) is 0 Å². The third kappa shape index (κ3) is 3.72. The highest BCUT2D eigenvalue weighted by Crippen LogP contribution is 2.49. The maximum absolute atomic E-state index is 12.4. The summed E-state index contributed by atoms with van der Waals surface area (Å²) in [6, 6.07) is 14.6. The van der Waals surface area contributed by atoms with E-state index in [-0.39, 0.29) is 18.5 Å². The SMILES string of the molecule is O=C(COC(=O)C1(c2ccc(Cl)cc2)CC1)Nc1ccccc1I. The Bertz CT molecular complexity index is 772. The van der Waals surface area contributed by atoms with Gasteiger partial charge >= 0.3 is 5.97 Å². The van der Waals surface area contributed by atoms with Crippen LogP contribution in [0.15, 0.2) is 48.5 Å². The van der Waals surface area contributed by atoms with Crippen LogP contribution in [0, 0.1) is 3.57 Å². The van der Waals surface area contributed by atoms with E-state index in [4.69, 9.17) is 16.3 Å². The second kappa shape index (κ2) is 7.11. The van der Waals surface area contributed by atoms with Gasteiger partial charge < -0.3 is 10.1 Å². The molecule has 124 valence electrons. The van der Waals surface area contributed by atoms with Crippen LogP contribution in [0.2, 0.25) is 5.02 Å². The summed E-state index contributed by atoms with van der Waals surface area (Å²) in [5, 5.41) is 3.37. The van der Waals surface area contributed by atoms with Gasteiger partial charge in [-0.05, 0) is 65.3 Å². The van der Waals surface area contributed by atoms with Crippen molar-refractivity contribution in [2.24, 2.45) is 0 Å². The van der Waals surface area contributed by atoms with E-state index in [1.807, 2.05) is 30.3 Å². The number of anilines is 1. The first kappa shape index (κ1) is 17.2. The second-order valence-electron chi connectivity index (χ2n) is 5.69. The number of hydrogen-bond donors (Lipinski definition) is 1. The van der Waals surface area contributed by atoms with E-state index < -0.39 is 5.41 Å². The lowest BCUT2D eigenvalue weighted by molar-refractivity contribution is -0.150. The van der Waals surface area contributed by atoms with Crippen molar-refractivity contribution in [3.05, 3.63) is 62.7 Å². The Balaban J connectivity index is 1.58. The molecular weight excluding hydrogens is 441 g/mol. The fraction of sp³-hybridized carbons (Fsp3) is 0.222. The Kier molecular flexibility index (Phi) is 5.10. The number of para-hydroxylation sites is 1. The molecule has 24 heavy (non-hydrogen) atoms. The average Bonchev–Trinajstić information content (AvgIpc) is 3.37. The van der Waals surface area contributed by atoms with Crippen LogP contribution in [0.4, 0.5) is 5.69 Å². The zero-order valence-electron chi connectivity index (χ0n) is 12.7. The number of halogens is 2. The van der Waals surface area contributed by atoms with Crippen LogP contribution in [0.25, 0.3) is 0 Å². The van der Waals surface area contributed by atoms with Crippen LogP contribution in [0.5, 0.6) is 0 Å². The second-order valence-corrected chi connectivity index (χ2v) is 7.29. The maximum Gasteiger partial charge on any atom is 0.317 e. The molecule has 1 aliphatic rings. The Morgan fingerprint density at radius 3 is 2.42 bits per heavy atom. The predicted molar refractivity (Wildman–Crippen MR) is 101 cm³/mol. The van der Waals surface area contributed by atoms with Gasteiger partial charge in [0.1, 0.15) is 0 Å². The lowest BCUT2D eigenvalue weighted by atomic mass is 9.96. The third-order valence-corrected chi connectivity index (χ3v) is 5.21. The quantitative estimate of drug-likeness (QED) is 0.544. The molecule has 2 aromatic carbocycles. The lowest BCUT2D eigenvalue weighted by Crippen LogP contribution is -2.28. The number of hydrogen-bond acceptors (Lipinski definition) is 3. The molecule has 0 saturated heterocycles. The molecular formula is C18H15ClINO3. The van der Waals surface area contributed by atoms with Crippen LogP contribution in [-0.2, 0) is 19.7 Å². The summed E-state index contributed by atoms with van der Waals surface area (Å²) < 4.78 is 6.17. The number of benzene rings is 2. The van der Waals surface area contributed by atoms with Crippen LogP contribution in [-0.4, -0.2) is 18.5 Å². The van der Waals surface area contributed by atoms with E-state index in [9.17, 15) is 9.59 Å². The fourth-order valence-corrected chi connectivity index (χ4v) is 3.17. The first-order chi connectivity index (χ1) is 11.5. The normalized spacial score (nSPS) is 14.8. The van der Waals surface area contributed by atoms with Crippen molar-refractivity contribution in [2.75, 3.05) is 11.9 Å². The summed E-state index contributed by atoms with van der Waals surface area (Å²) in [6.45, 7) is -0.293. The number of ether oxygens (including phenoxy) is 1. The lowest BCUT2D eigenvalue weighted by Gasteiger charge is -2.15. The Hall–Kier alpha value is -1.60. The molecule has 1 N–H and O–H groups in total. The Morgan fingerprint density at radius 2 is 1.79 bits per heavy atom. The van der Waals surface area contributed by atoms with Gasteiger partial charge in [-0.2, -0.15) is 0 Å². The van der Waals surface area contributed by atoms with Crippen molar-refractivity contribution in [1.29, 1.82) is 0 Å². The number of carbonyl (C=O) groups is 2. The van der Waals surface area contributed by atoms with Crippen molar-refractivity contribution in [2.45, 2.75) is 18.3 Å². The summed E-state index contributed by atoms with van der Waals surface area (Å²) in [4.78, 5) is 24.4. The van der Waals surface area contributed by atoms with Gasteiger partial charge in [0.25, 0.3) is 5.91 Å². The van der Waals surface area contributed by atoms with Crippen molar-refractivity contribution in [1.82, 2.24) is 0 Å². The molecule has 0 aliphatic heterocycles. The number of esters is 1. The molecule has 0 unspecified atom stereocenters. The summed E-state index contributed by atoms with van der Waals surface area (Å²) >= 11 is 8.02. The molecule has 1 aliphatic carbocycles. The van der Waals surface area contributed by atoms with Crippen molar-refractivity contribution in [3.63, 3.8) is 0 Å². The van der Waals surface area contributed by atoms with E-state index in [0.717, 1.165) is 22.0 Å². The summed E-state index contributed by atoms with van der Waals surface area (Å²) in [5.74, 6) is -0.706. The first-order valence-corrected chi connectivity index (χ1v) is 8.95. The molecule has 1 amide bonds. The van der Waals surface area contributed by atoms with E-state index in [1.165, 1.54) is 0 Å². The molecule has 1 fully saturated rings. The number of carbonyl (C=O) groups excluding carboxylic acids is 2. The fourth-order valence-electron chi connectivity index (χ4n) is 2.52. The maximum atomic E-state index is 12.4. The van der Waals surface area contributed by atoms with Crippen molar-refractivity contribution < 1.29 is 14.3 Å². The molecule has 6 heteroatoms. The van der Waals surface area contributed by atoms with Crippen LogP contribution in [0.3, 0.4) is 0 Å². The van der Waals surface area contributed by atoms with Gasteiger partial charge in [0.15, 0.2) is 6.61 Å². The highest BCUT2D eigenvalue weighted by molar-refractivity contribution is 14.1. The number of amides is 1. The first-order valence-electron chi connectivity index (χ1n) is 7.49. The monoisotopic (exact) mass is 455 g/mol. The van der Waals surface area contributed by atoms with Crippen LogP contribution >= 0.6 is 34.2 Å². The molecule has 0 radical (unpaired) electrons. The molecule has 0 aromatic heterocycles. The Labute approximate surface area is 158 Å². The van der Waals surface area contributed by atoms with Crippen LogP contribution in [0.1, 0.15) is 18.4 Å². The van der Waals surface area contributed by atoms with Gasteiger partial charge in [0, 0.05) is 8.59 Å². The van der Waals surface area contributed by atoms with E-state index in [0.29, 0.717) is 10.7 Å². The summed E-state index contributed by atoms with van der Waals surface area (Å²) in [5.41, 5.74) is 0.972. The molecule has 2 aromatic rings. The molecule has 4 nitrogen and oxygen atoms in total. The van der Waals surface area contributed by atoms with Gasteiger partial charge in [-0.3, -0.25) is 9.59 Å². The molecule has 0 spiro atoms. The Morgan fingerprint density at radius 1 is 1.12 bits per heavy atom. The van der Waals surface area contributed by atoms with Gasteiger partial charge in [-0.25, -0.2) is 0 Å². The van der Waals surface area contributed by atoms with E-state index in [1.54, 1.807) is 18.2 Å². The van der Waals surface area contributed by atoms with Gasteiger partial charge in [0.2, 0.25) is 0 Å². The molecule has 0 atom stereocenters. The van der Waals surface area contributed by atoms with Gasteiger partial charge in [0.05, 0.1) is 11.1 Å². The highest BCUT2D eigenvalue weighted by atomic mass is 127. The summed E-state index contributed by atoms with van der Waals surface area (Å²) in [6.07, 6.45) is 1.46. The van der Waals surface area contributed by atoms with Gasteiger partial charge in [-0.1, -0.05) is 35.9 Å². The topological polar surface area (TPSA) is 55.4 Å². The largest absolute Gasteiger partial charge is 0.455 e. The molecule has 3 rings (SSSR count). The minimum Gasteiger partial charge on any atom is -0.455 e. The average molecular weight is 456 g/mol. The minimum atomic E-state index is -0.619. The zero-order valence-corrected chi connectivity index (χ0v) is 15.6. The number of nitrogens with one attached hydrogen (secondary N) is 1. The van der Waals surface area contributed by atoms with Crippen LogP contribution < -0.4 is 5.32 Å². The van der Waals surface area contributed by atoms with E-state index >= 15 is 0 Å². The van der Waals surface area contributed by atoms with Crippen molar-refractivity contribution in [3.8, 4) is 0 Å². The standard InChI is InChI=1S/C18H15ClINO3/c19-13-7-5-12(6-8-13)18(9-10-18)17(23)24-11-16(22)21-15-4-2-1-3-14(15)20/h1-8H,9-11H2,(H,21,22). The smallest absolute Gasteiger partial charge is 0.317 e. The zero-order chi connectivity index (χ0) is 17.2. The highest BCUT2D eigenvalue weighted by Gasteiger charge is 2.52. The predicted octanol–water partition coefficient (Wildman–Crippen LogP) is 4.16. The summed E-state index contributed by atoms with van der Waals surface area (Å²) in [7, 11) is 0. The van der Waals surface area contributed by atoms with E-state index in [2.05, 4.69) is 27.9 Å². The minimum absolute atomic E-state index is 0.293. The molecule has 0 heterocycles.